The zero-order chi connectivity index (χ0) is 35.6. The van der Waals surface area contributed by atoms with Gasteiger partial charge in [0, 0.05) is 4.90 Å². The Morgan fingerprint density at radius 3 is 1.25 bits per heavy atom. The molecule has 0 spiro atoms. The molecule has 1 fully saturated rings. The van der Waals surface area contributed by atoms with Crippen molar-refractivity contribution in [3.63, 3.8) is 0 Å². The maximum Gasteiger partial charge on any atom is 0.338 e. The second-order valence-corrected chi connectivity index (χ2v) is 12.9. The van der Waals surface area contributed by atoms with Crippen LogP contribution in [0, 0.1) is 0 Å². The van der Waals surface area contributed by atoms with Crippen molar-refractivity contribution in [1.29, 1.82) is 0 Å². The van der Waals surface area contributed by atoms with Gasteiger partial charge >= 0.3 is 23.9 Å². The molecule has 1 heterocycles. The lowest BCUT2D eigenvalue weighted by molar-refractivity contribution is -0.208. The number of esters is 4. The summed E-state index contributed by atoms with van der Waals surface area (Å²) in [6.07, 6.45) is -6.04. The highest BCUT2D eigenvalue weighted by Gasteiger charge is 2.55. The topological polar surface area (TPSA) is 132 Å². The Bertz CT molecular complexity index is 1960. The molecule has 1 aliphatic heterocycles. The molecule has 10 nitrogen and oxygen atoms in total. The van der Waals surface area contributed by atoms with Gasteiger partial charge in [-0.1, -0.05) is 91.0 Å². The summed E-state index contributed by atoms with van der Waals surface area (Å²) in [6, 6.07) is 40.7. The summed E-state index contributed by atoms with van der Waals surface area (Å²) in [6.45, 7) is -0.512. The first-order valence-corrected chi connectivity index (χ1v) is 17.2. The molecule has 5 aromatic carbocycles. The van der Waals surface area contributed by atoms with E-state index in [0.29, 0.717) is 4.90 Å². The van der Waals surface area contributed by atoms with Crippen LogP contribution in [0.3, 0.4) is 0 Å². The number of rotatable bonds is 11. The van der Waals surface area contributed by atoms with Crippen LogP contribution in [0.15, 0.2) is 157 Å². The number of hydrogen-bond donors (Lipinski definition) is 0. The number of ether oxygens (including phenoxy) is 5. The summed E-state index contributed by atoms with van der Waals surface area (Å²) in [4.78, 5) is 54.4. The molecule has 5 unspecified atom stereocenters. The van der Waals surface area contributed by atoms with Crippen LogP contribution in [0.5, 0.6) is 0 Å². The fraction of sp³-hybridized carbons (Fsp3) is 0.150. The first-order valence-electron chi connectivity index (χ1n) is 16.0. The van der Waals surface area contributed by atoms with Crippen molar-refractivity contribution in [3.05, 3.63) is 174 Å². The molecular formula is C40H32O10S. The molecule has 0 saturated carbocycles. The average molecular weight is 705 g/mol. The van der Waals surface area contributed by atoms with Crippen LogP contribution in [-0.2, 0) is 34.5 Å². The van der Waals surface area contributed by atoms with E-state index in [1.54, 1.807) is 115 Å². The Hall–Kier alpha value is -5.91. The molecule has 6 atom stereocenters. The third kappa shape index (κ3) is 8.64. The van der Waals surface area contributed by atoms with Crippen LogP contribution in [-0.4, -0.2) is 64.5 Å². The first kappa shape index (κ1) is 34.9. The molecule has 0 radical (unpaired) electrons. The number of carbonyl (C=O) groups excluding carboxylic acids is 4. The maximum absolute atomic E-state index is 14.3. The molecule has 51 heavy (non-hydrogen) atoms. The van der Waals surface area contributed by atoms with Gasteiger partial charge in [-0.2, -0.15) is 0 Å². The van der Waals surface area contributed by atoms with E-state index in [9.17, 15) is 23.4 Å². The summed E-state index contributed by atoms with van der Waals surface area (Å²) in [5.74, 6) is -3.20. The number of benzene rings is 5. The van der Waals surface area contributed by atoms with Crippen LogP contribution in [0.25, 0.3) is 0 Å². The first-order chi connectivity index (χ1) is 24.9. The molecule has 1 saturated heterocycles. The van der Waals surface area contributed by atoms with Gasteiger partial charge in [0.15, 0.2) is 23.7 Å². The predicted molar refractivity (Wildman–Crippen MR) is 185 cm³/mol. The van der Waals surface area contributed by atoms with E-state index in [0.717, 1.165) is 0 Å². The minimum Gasteiger partial charge on any atom is -0.459 e. The third-order valence-corrected chi connectivity index (χ3v) is 9.46. The SMILES string of the molecule is O=C(OCC1OC([S@@](=O)c2ccccc2)C(OC(=O)c2ccccc2)C(OC(=O)c2ccccc2)C1OC(=O)c1ccccc1)c1ccccc1. The second-order valence-electron chi connectivity index (χ2n) is 11.3. The lowest BCUT2D eigenvalue weighted by Gasteiger charge is -2.44. The van der Waals surface area contributed by atoms with Crippen LogP contribution in [0.4, 0.5) is 0 Å². The van der Waals surface area contributed by atoms with Crippen molar-refractivity contribution in [2.24, 2.45) is 0 Å². The zero-order valence-corrected chi connectivity index (χ0v) is 27.8. The number of carbonyl (C=O) groups is 4. The summed E-state index contributed by atoms with van der Waals surface area (Å²) in [5, 5.41) is 0. The summed E-state index contributed by atoms with van der Waals surface area (Å²) >= 11 is 0. The fourth-order valence-electron chi connectivity index (χ4n) is 5.39. The van der Waals surface area contributed by atoms with Crippen LogP contribution >= 0.6 is 0 Å². The van der Waals surface area contributed by atoms with E-state index in [4.69, 9.17) is 23.7 Å². The van der Waals surface area contributed by atoms with Gasteiger partial charge in [-0.3, -0.25) is 4.21 Å². The van der Waals surface area contributed by atoms with Crippen molar-refractivity contribution in [1.82, 2.24) is 0 Å². The van der Waals surface area contributed by atoms with Crippen molar-refractivity contribution >= 4 is 34.7 Å². The lowest BCUT2D eigenvalue weighted by Crippen LogP contribution is -2.63. The van der Waals surface area contributed by atoms with Gasteiger partial charge in [-0.25, -0.2) is 19.2 Å². The molecule has 258 valence electrons. The molecule has 1 aliphatic rings. The summed E-state index contributed by atoms with van der Waals surface area (Å²) in [5.41, 5.74) is -0.763. The molecule has 6 rings (SSSR count). The quantitative estimate of drug-likeness (QED) is 0.118. The van der Waals surface area contributed by atoms with Crippen molar-refractivity contribution < 1.29 is 47.1 Å². The van der Waals surface area contributed by atoms with Crippen LogP contribution < -0.4 is 0 Å². The van der Waals surface area contributed by atoms with E-state index >= 15 is 0 Å². The van der Waals surface area contributed by atoms with E-state index in [1.807, 2.05) is 0 Å². The molecule has 0 amide bonds. The van der Waals surface area contributed by atoms with E-state index in [-0.39, 0.29) is 22.3 Å². The van der Waals surface area contributed by atoms with E-state index in [1.165, 1.54) is 36.4 Å². The van der Waals surface area contributed by atoms with Crippen molar-refractivity contribution in [2.75, 3.05) is 6.61 Å². The Labute approximate surface area is 296 Å². The van der Waals surface area contributed by atoms with E-state index in [2.05, 4.69) is 0 Å². The van der Waals surface area contributed by atoms with Gasteiger partial charge in [0.05, 0.1) is 33.1 Å². The van der Waals surface area contributed by atoms with Gasteiger partial charge in [-0.15, -0.1) is 0 Å². The third-order valence-electron chi connectivity index (χ3n) is 7.92. The largest absolute Gasteiger partial charge is 0.459 e. The lowest BCUT2D eigenvalue weighted by atomic mass is 9.98. The minimum absolute atomic E-state index is 0.151. The van der Waals surface area contributed by atoms with Crippen LogP contribution in [0.2, 0.25) is 0 Å². The Morgan fingerprint density at radius 1 is 0.471 bits per heavy atom. The molecule has 0 aliphatic carbocycles. The van der Waals surface area contributed by atoms with Gasteiger partial charge in [0.25, 0.3) is 0 Å². The van der Waals surface area contributed by atoms with Crippen molar-refractivity contribution in [2.45, 2.75) is 34.7 Å². The standard InChI is InChI=1S/C40H32O10S/c41-36(27-16-6-1-7-17-27)46-26-32-33(48-37(42)28-18-8-2-9-19-28)34(49-38(43)29-20-10-3-11-21-29)35(50-39(44)30-22-12-4-13-23-30)40(47-32)51(45)31-24-14-5-15-25-31/h1-25,32-35,40H,26H2/t32?,33?,34?,35?,40?,51-/m0/s1. The molecule has 0 aromatic heterocycles. The molecule has 5 aromatic rings. The minimum atomic E-state index is -2.06. The highest BCUT2D eigenvalue weighted by molar-refractivity contribution is 7.85. The summed E-state index contributed by atoms with van der Waals surface area (Å²) in [7, 11) is -2.06. The molecular weight excluding hydrogens is 672 g/mol. The summed E-state index contributed by atoms with van der Waals surface area (Å²) < 4.78 is 44.4. The van der Waals surface area contributed by atoms with E-state index < -0.39 is 71.1 Å². The Kier molecular flexibility index (Phi) is 11.4. The fourth-order valence-corrected chi connectivity index (χ4v) is 6.78. The van der Waals surface area contributed by atoms with Gasteiger partial charge in [0.2, 0.25) is 0 Å². The Morgan fingerprint density at radius 2 is 0.824 bits per heavy atom. The van der Waals surface area contributed by atoms with Gasteiger partial charge < -0.3 is 23.7 Å². The predicted octanol–water partition coefficient (Wildman–Crippen LogP) is 6.05. The number of hydrogen-bond acceptors (Lipinski definition) is 10. The highest BCUT2D eigenvalue weighted by Crippen LogP contribution is 2.34. The van der Waals surface area contributed by atoms with Gasteiger partial charge in [-0.05, 0) is 60.7 Å². The zero-order valence-electron chi connectivity index (χ0n) is 27.0. The monoisotopic (exact) mass is 704 g/mol. The molecule has 11 heteroatoms. The maximum atomic E-state index is 14.3. The highest BCUT2D eigenvalue weighted by atomic mass is 32.2. The smallest absolute Gasteiger partial charge is 0.338 e. The Balaban J connectivity index is 1.44. The van der Waals surface area contributed by atoms with Crippen molar-refractivity contribution in [3.8, 4) is 0 Å². The second kappa shape index (κ2) is 16.7. The normalized spacial score (nSPS) is 20.3. The molecule has 0 N–H and O–H groups in total. The molecule has 0 bridgehead atoms. The van der Waals surface area contributed by atoms with Crippen LogP contribution in [0.1, 0.15) is 41.4 Å². The van der Waals surface area contributed by atoms with Gasteiger partial charge in [0.1, 0.15) is 12.7 Å². The average Bonchev–Trinajstić information content (AvgIpc) is 3.19.